The molecule has 0 radical (unpaired) electrons. The fourth-order valence-corrected chi connectivity index (χ4v) is 3.80. The van der Waals surface area contributed by atoms with Crippen LogP contribution in [0.1, 0.15) is 12.1 Å². The number of H-pyrrole nitrogens is 2. The summed E-state index contributed by atoms with van der Waals surface area (Å²) in [5.74, 6) is 0.695. The average Bonchev–Trinajstić information content (AvgIpc) is 3.52. The molecule has 6 rings (SSSR count). The maximum absolute atomic E-state index is 5.23. The third kappa shape index (κ3) is 2.65. The van der Waals surface area contributed by atoms with Crippen molar-refractivity contribution in [2.45, 2.75) is 6.42 Å². The van der Waals surface area contributed by atoms with E-state index in [0.717, 1.165) is 64.0 Å². The van der Waals surface area contributed by atoms with Crippen LogP contribution in [0.4, 0.5) is 0 Å². The molecule has 29 heavy (non-hydrogen) atoms. The molecule has 0 saturated carbocycles. The van der Waals surface area contributed by atoms with Gasteiger partial charge in [-0.1, -0.05) is 6.08 Å². The van der Waals surface area contributed by atoms with E-state index in [9.17, 15) is 0 Å². The summed E-state index contributed by atoms with van der Waals surface area (Å²) in [7, 11) is 0. The molecule has 5 aromatic rings. The lowest BCUT2D eigenvalue weighted by Crippen LogP contribution is -2.20. The van der Waals surface area contributed by atoms with Crippen molar-refractivity contribution in [3.8, 4) is 22.6 Å². The molecule has 0 amide bonds. The predicted molar refractivity (Wildman–Crippen MR) is 110 cm³/mol. The normalized spacial score (nSPS) is 14.6. The molecule has 0 saturated heterocycles. The van der Waals surface area contributed by atoms with Crippen molar-refractivity contribution in [1.82, 2.24) is 35.5 Å². The number of nitrogens with zero attached hydrogens (tertiary/aromatic N) is 4. The zero-order valence-corrected chi connectivity index (χ0v) is 15.4. The lowest BCUT2D eigenvalue weighted by atomic mass is 10.0. The molecule has 5 aromatic heterocycles. The van der Waals surface area contributed by atoms with E-state index in [1.54, 1.807) is 24.9 Å². The first kappa shape index (κ1) is 16.2. The highest BCUT2D eigenvalue weighted by Crippen LogP contribution is 2.31. The van der Waals surface area contributed by atoms with Gasteiger partial charge in [0.15, 0.2) is 5.82 Å². The standard InChI is InChI=1S/C21H17N7O/c1-4-22-5-2-12(1)16-7-14-17(10-24-16)27-28-20(14)21-25-18-9-23-8-15(19(18)26-21)13-3-6-29-11-13/h1,3,6-11,22H,2,4-5H2,(H,25,26)(H,27,28). The number of aromatic nitrogens is 6. The Bertz CT molecular complexity index is 1360. The summed E-state index contributed by atoms with van der Waals surface area (Å²) >= 11 is 0. The van der Waals surface area contributed by atoms with E-state index in [-0.39, 0.29) is 0 Å². The summed E-state index contributed by atoms with van der Waals surface area (Å²) in [6.45, 7) is 1.85. The number of pyridine rings is 2. The molecule has 0 unspecified atom stereocenters. The molecule has 8 nitrogen and oxygen atoms in total. The van der Waals surface area contributed by atoms with Gasteiger partial charge in [-0.25, -0.2) is 4.98 Å². The Hall–Kier alpha value is -3.78. The van der Waals surface area contributed by atoms with Gasteiger partial charge in [0.2, 0.25) is 0 Å². The van der Waals surface area contributed by atoms with Gasteiger partial charge < -0.3 is 14.7 Å². The molecule has 3 N–H and O–H groups in total. The molecule has 0 fully saturated rings. The van der Waals surface area contributed by atoms with Gasteiger partial charge in [0.25, 0.3) is 0 Å². The molecule has 0 aromatic carbocycles. The fourth-order valence-electron chi connectivity index (χ4n) is 3.80. The molecular weight excluding hydrogens is 366 g/mol. The molecule has 0 spiro atoms. The zero-order chi connectivity index (χ0) is 19.2. The Morgan fingerprint density at radius 2 is 2.10 bits per heavy atom. The lowest BCUT2D eigenvalue weighted by Gasteiger charge is -2.13. The van der Waals surface area contributed by atoms with Crippen LogP contribution in [0.3, 0.4) is 0 Å². The van der Waals surface area contributed by atoms with Gasteiger partial charge in [0, 0.05) is 29.3 Å². The van der Waals surface area contributed by atoms with Gasteiger partial charge in [-0.05, 0) is 30.7 Å². The van der Waals surface area contributed by atoms with Crippen LogP contribution in [0.5, 0.6) is 0 Å². The smallest absolute Gasteiger partial charge is 0.159 e. The first-order chi connectivity index (χ1) is 14.4. The predicted octanol–water partition coefficient (Wildman–Crippen LogP) is 3.53. The number of hydrogen-bond acceptors (Lipinski definition) is 6. The summed E-state index contributed by atoms with van der Waals surface area (Å²) in [5.41, 5.74) is 7.44. The van der Waals surface area contributed by atoms with Crippen LogP contribution in [0.2, 0.25) is 0 Å². The first-order valence-corrected chi connectivity index (χ1v) is 9.48. The van der Waals surface area contributed by atoms with E-state index in [4.69, 9.17) is 9.40 Å². The van der Waals surface area contributed by atoms with E-state index in [1.165, 1.54) is 5.57 Å². The van der Waals surface area contributed by atoms with Crippen LogP contribution in [0, 0.1) is 0 Å². The molecule has 0 atom stereocenters. The van der Waals surface area contributed by atoms with Crippen molar-refractivity contribution in [2.75, 3.05) is 13.1 Å². The highest BCUT2D eigenvalue weighted by atomic mass is 16.3. The number of rotatable bonds is 3. The fraction of sp³-hybridized carbons (Fsp3) is 0.143. The van der Waals surface area contributed by atoms with Crippen LogP contribution in [0.25, 0.3) is 50.2 Å². The van der Waals surface area contributed by atoms with E-state index in [0.29, 0.717) is 5.82 Å². The maximum atomic E-state index is 5.23. The summed E-state index contributed by atoms with van der Waals surface area (Å²) in [5, 5.41) is 11.9. The number of nitrogens with one attached hydrogen (secondary N) is 3. The number of hydrogen-bond donors (Lipinski definition) is 3. The number of fused-ring (bicyclic) bond motifs is 2. The average molecular weight is 383 g/mol. The van der Waals surface area contributed by atoms with Gasteiger partial charge in [0.1, 0.15) is 11.2 Å². The highest BCUT2D eigenvalue weighted by molar-refractivity contribution is 5.97. The van der Waals surface area contributed by atoms with Crippen LogP contribution < -0.4 is 5.32 Å². The minimum absolute atomic E-state index is 0.695. The Balaban J connectivity index is 1.50. The topological polar surface area (TPSA) is 108 Å². The molecule has 0 aliphatic carbocycles. The largest absolute Gasteiger partial charge is 0.472 e. The van der Waals surface area contributed by atoms with Crippen molar-refractivity contribution in [3.05, 3.63) is 55.0 Å². The summed E-state index contributed by atoms with van der Waals surface area (Å²) in [6, 6.07) is 3.99. The van der Waals surface area contributed by atoms with Gasteiger partial charge in [-0.2, -0.15) is 5.10 Å². The number of imidazole rings is 1. The summed E-state index contributed by atoms with van der Waals surface area (Å²) < 4.78 is 5.23. The minimum Gasteiger partial charge on any atom is -0.472 e. The van der Waals surface area contributed by atoms with Crippen molar-refractivity contribution < 1.29 is 4.42 Å². The Morgan fingerprint density at radius 3 is 2.97 bits per heavy atom. The molecule has 8 heteroatoms. The second-order valence-electron chi connectivity index (χ2n) is 7.05. The maximum Gasteiger partial charge on any atom is 0.159 e. The van der Waals surface area contributed by atoms with Gasteiger partial charge in [-0.3, -0.25) is 15.1 Å². The van der Waals surface area contributed by atoms with E-state index < -0.39 is 0 Å². The second kappa shape index (κ2) is 6.39. The highest BCUT2D eigenvalue weighted by Gasteiger charge is 2.17. The van der Waals surface area contributed by atoms with Crippen LogP contribution in [-0.4, -0.2) is 43.2 Å². The van der Waals surface area contributed by atoms with Gasteiger partial charge in [-0.15, -0.1) is 0 Å². The molecule has 1 aliphatic rings. The van der Waals surface area contributed by atoms with Crippen LogP contribution >= 0.6 is 0 Å². The molecular formula is C21H17N7O. The Morgan fingerprint density at radius 1 is 1.10 bits per heavy atom. The lowest BCUT2D eigenvalue weighted by molar-refractivity contribution is 0.568. The first-order valence-electron chi connectivity index (χ1n) is 9.48. The van der Waals surface area contributed by atoms with Crippen LogP contribution in [0.15, 0.2) is 53.7 Å². The van der Waals surface area contributed by atoms with Crippen molar-refractivity contribution in [1.29, 1.82) is 0 Å². The third-order valence-corrected chi connectivity index (χ3v) is 5.29. The molecule has 142 valence electrons. The monoisotopic (exact) mass is 383 g/mol. The molecule has 1 aliphatic heterocycles. The van der Waals surface area contributed by atoms with Gasteiger partial charge >= 0.3 is 0 Å². The second-order valence-corrected chi connectivity index (χ2v) is 7.05. The summed E-state index contributed by atoms with van der Waals surface area (Å²) in [6.07, 6.45) is 11.9. The van der Waals surface area contributed by atoms with Crippen molar-refractivity contribution in [3.63, 3.8) is 0 Å². The molecule has 6 heterocycles. The minimum atomic E-state index is 0.695. The quantitative estimate of drug-likeness (QED) is 0.440. The SMILES string of the molecule is C1=C(c2cc3c(-c4nc5c(-c6ccoc6)cncc5[nH]4)n[nH]c3cn2)CCNC1. The number of furan rings is 1. The van der Waals surface area contributed by atoms with Crippen molar-refractivity contribution in [2.24, 2.45) is 0 Å². The molecule has 0 bridgehead atoms. The Kier molecular flexibility index (Phi) is 3.57. The van der Waals surface area contributed by atoms with Crippen molar-refractivity contribution >= 4 is 27.5 Å². The summed E-state index contributed by atoms with van der Waals surface area (Å²) in [4.78, 5) is 17.1. The Labute approximate surface area is 165 Å². The third-order valence-electron chi connectivity index (χ3n) is 5.29. The van der Waals surface area contributed by atoms with E-state index >= 15 is 0 Å². The van der Waals surface area contributed by atoms with E-state index in [2.05, 4.69) is 42.6 Å². The van der Waals surface area contributed by atoms with Gasteiger partial charge in [0.05, 0.1) is 41.6 Å². The number of aromatic amines is 2. The zero-order valence-electron chi connectivity index (χ0n) is 15.4. The van der Waals surface area contributed by atoms with Crippen LogP contribution in [-0.2, 0) is 0 Å². The van der Waals surface area contributed by atoms with E-state index in [1.807, 2.05) is 12.3 Å².